The molecule has 3 unspecified atom stereocenters. The van der Waals surface area contributed by atoms with Gasteiger partial charge in [0.05, 0.1) is 0 Å². The van der Waals surface area contributed by atoms with Gasteiger partial charge in [-0.25, -0.2) is 0 Å². The molecule has 0 radical (unpaired) electrons. The average Bonchev–Trinajstić information content (AvgIpc) is 3.04. The zero-order chi connectivity index (χ0) is 14.5. The van der Waals surface area contributed by atoms with E-state index in [0.29, 0.717) is 6.04 Å². The molecule has 1 saturated carbocycles. The Balaban J connectivity index is 1.49. The highest BCUT2D eigenvalue weighted by molar-refractivity contribution is 6.30. The van der Waals surface area contributed by atoms with E-state index in [1.165, 1.54) is 50.6 Å². The molecule has 1 aromatic carbocycles. The van der Waals surface area contributed by atoms with Gasteiger partial charge in [-0.15, -0.1) is 0 Å². The summed E-state index contributed by atoms with van der Waals surface area (Å²) in [5, 5.41) is 8.38. The molecule has 0 bridgehead atoms. The smallest absolute Gasteiger partial charge is 0.0406 e. The highest BCUT2D eigenvalue weighted by Gasteiger charge is 2.32. The van der Waals surface area contributed by atoms with Crippen LogP contribution in [0.5, 0.6) is 0 Å². The van der Waals surface area contributed by atoms with Crippen molar-refractivity contribution in [3.05, 3.63) is 34.9 Å². The molecule has 3 heteroatoms. The highest BCUT2D eigenvalue weighted by atomic mass is 35.5. The Hall–Kier alpha value is -0.570. The number of hydrogen-bond acceptors (Lipinski definition) is 2. The lowest BCUT2D eigenvalue weighted by molar-refractivity contribution is 0.216. The lowest BCUT2D eigenvalue weighted by Crippen LogP contribution is -2.47. The Morgan fingerprint density at radius 2 is 1.86 bits per heavy atom. The SMILES string of the molecule is Clc1ccc(CCNC2CCCCC2C2CCCN2)cc1. The zero-order valence-corrected chi connectivity index (χ0v) is 13.5. The fourth-order valence-electron chi connectivity index (χ4n) is 4.02. The predicted molar refractivity (Wildman–Crippen MR) is 89.9 cm³/mol. The van der Waals surface area contributed by atoms with Crippen molar-refractivity contribution >= 4 is 11.6 Å². The van der Waals surface area contributed by atoms with Crippen LogP contribution >= 0.6 is 11.6 Å². The number of benzene rings is 1. The van der Waals surface area contributed by atoms with Crippen molar-refractivity contribution in [2.24, 2.45) is 5.92 Å². The summed E-state index contributed by atoms with van der Waals surface area (Å²) in [5.41, 5.74) is 1.37. The number of nitrogens with one attached hydrogen (secondary N) is 2. The van der Waals surface area contributed by atoms with Gasteiger partial charge in [0.2, 0.25) is 0 Å². The maximum absolute atomic E-state index is 5.94. The Morgan fingerprint density at radius 1 is 1.05 bits per heavy atom. The van der Waals surface area contributed by atoms with E-state index >= 15 is 0 Å². The molecule has 2 N–H and O–H groups in total. The highest BCUT2D eigenvalue weighted by Crippen LogP contribution is 2.30. The van der Waals surface area contributed by atoms with Gasteiger partial charge in [-0.05, 0) is 68.8 Å². The van der Waals surface area contributed by atoms with E-state index in [9.17, 15) is 0 Å². The molecular weight excluding hydrogens is 280 g/mol. The summed E-state index contributed by atoms with van der Waals surface area (Å²) >= 11 is 5.94. The molecule has 3 atom stereocenters. The quantitative estimate of drug-likeness (QED) is 0.865. The van der Waals surface area contributed by atoms with E-state index in [1.807, 2.05) is 12.1 Å². The van der Waals surface area contributed by atoms with Crippen LogP contribution in [0.3, 0.4) is 0 Å². The molecule has 116 valence electrons. The summed E-state index contributed by atoms with van der Waals surface area (Å²) in [4.78, 5) is 0. The monoisotopic (exact) mass is 306 g/mol. The van der Waals surface area contributed by atoms with Crippen molar-refractivity contribution in [1.29, 1.82) is 0 Å². The summed E-state index contributed by atoms with van der Waals surface area (Å²) in [6.45, 7) is 2.30. The van der Waals surface area contributed by atoms with Crippen LogP contribution < -0.4 is 10.6 Å². The number of hydrogen-bond donors (Lipinski definition) is 2. The van der Waals surface area contributed by atoms with E-state index in [4.69, 9.17) is 11.6 Å². The molecule has 0 amide bonds. The van der Waals surface area contributed by atoms with Crippen molar-refractivity contribution in [3.8, 4) is 0 Å². The van der Waals surface area contributed by atoms with E-state index in [0.717, 1.165) is 29.9 Å². The molecule has 1 heterocycles. The van der Waals surface area contributed by atoms with Crippen LogP contribution in [0.15, 0.2) is 24.3 Å². The Labute approximate surface area is 133 Å². The third-order valence-electron chi connectivity index (χ3n) is 5.17. The van der Waals surface area contributed by atoms with E-state index in [2.05, 4.69) is 22.8 Å². The molecule has 1 aliphatic heterocycles. The van der Waals surface area contributed by atoms with Gasteiger partial charge in [0.15, 0.2) is 0 Å². The lowest BCUT2D eigenvalue weighted by Gasteiger charge is -2.36. The van der Waals surface area contributed by atoms with Crippen LogP contribution in [-0.4, -0.2) is 25.2 Å². The molecule has 1 aromatic rings. The summed E-state index contributed by atoms with van der Waals surface area (Å²) in [6.07, 6.45) is 9.39. The Bertz CT molecular complexity index is 425. The minimum atomic E-state index is 0.710. The number of halogens is 1. The van der Waals surface area contributed by atoms with Crippen molar-refractivity contribution in [2.45, 2.75) is 57.0 Å². The molecule has 2 aliphatic rings. The van der Waals surface area contributed by atoms with Crippen molar-refractivity contribution < 1.29 is 0 Å². The summed E-state index contributed by atoms with van der Waals surface area (Å²) in [7, 11) is 0. The Morgan fingerprint density at radius 3 is 2.62 bits per heavy atom. The molecule has 21 heavy (non-hydrogen) atoms. The standard InChI is InChI=1S/C18H27ClN2/c19-15-9-7-14(8-10-15)11-13-21-17-5-2-1-4-16(17)18-6-3-12-20-18/h7-10,16-18,20-21H,1-6,11-13H2. The molecule has 0 spiro atoms. The van der Waals surface area contributed by atoms with Gasteiger partial charge in [0, 0.05) is 17.1 Å². The summed E-state index contributed by atoms with van der Waals surface area (Å²) in [6, 6.07) is 9.73. The summed E-state index contributed by atoms with van der Waals surface area (Å²) in [5.74, 6) is 0.839. The van der Waals surface area contributed by atoms with Crippen molar-refractivity contribution in [1.82, 2.24) is 10.6 Å². The normalized spacial score (nSPS) is 29.7. The first-order valence-corrected chi connectivity index (χ1v) is 8.92. The first kappa shape index (κ1) is 15.3. The minimum absolute atomic E-state index is 0.710. The second kappa shape index (κ2) is 7.62. The third kappa shape index (κ3) is 4.21. The van der Waals surface area contributed by atoms with Crippen molar-refractivity contribution in [3.63, 3.8) is 0 Å². The van der Waals surface area contributed by atoms with Gasteiger partial charge in [-0.1, -0.05) is 36.6 Å². The topological polar surface area (TPSA) is 24.1 Å². The molecule has 0 aromatic heterocycles. The first-order valence-electron chi connectivity index (χ1n) is 8.54. The fourth-order valence-corrected chi connectivity index (χ4v) is 4.15. The molecule has 1 aliphatic carbocycles. The van der Waals surface area contributed by atoms with E-state index in [1.54, 1.807) is 0 Å². The lowest BCUT2D eigenvalue weighted by atomic mass is 9.79. The number of rotatable bonds is 5. The minimum Gasteiger partial charge on any atom is -0.314 e. The Kier molecular flexibility index (Phi) is 5.56. The maximum atomic E-state index is 5.94. The van der Waals surface area contributed by atoms with Gasteiger partial charge in [0.25, 0.3) is 0 Å². The van der Waals surface area contributed by atoms with Crippen LogP contribution in [0.25, 0.3) is 0 Å². The van der Waals surface area contributed by atoms with Crippen molar-refractivity contribution in [2.75, 3.05) is 13.1 Å². The third-order valence-corrected chi connectivity index (χ3v) is 5.42. The van der Waals surface area contributed by atoms with Crippen LogP contribution in [-0.2, 0) is 6.42 Å². The van der Waals surface area contributed by atoms with Crippen LogP contribution in [0, 0.1) is 5.92 Å². The molecule has 2 fully saturated rings. The van der Waals surface area contributed by atoms with Gasteiger partial charge in [-0.2, -0.15) is 0 Å². The second-order valence-corrected chi connectivity index (χ2v) is 7.02. The summed E-state index contributed by atoms with van der Waals surface area (Å²) < 4.78 is 0. The van der Waals surface area contributed by atoms with Crippen LogP contribution in [0.4, 0.5) is 0 Å². The van der Waals surface area contributed by atoms with Crippen LogP contribution in [0.2, 0.25) is 5.02 Å². The maximum Gasteiger partial charge on any atom is 0.0406 e. The van der Waals surface area contributed by atoms with Crippen LogP contribution in [0.1, 0.15) is 44.1 Å². The first-order chi connectivity index (χ1) is 10.3. The van der Waals surface area contributed by atoms with Gasteiger partial charge in [0.1, 0.15) is 0 Å². The average molecular weight is 307 g/mol. The van der Waals surface area contributed by atoms with E-state index in [-0.39, 0.29) is 0 Å². The van der Waals surface area contributed by atoms with E-state index < -0.39 is 0 Å². The molecule has 3 rings (SSSR count). The fraction of sp³-hybridized carbons (Fsp3) is 0.667. The largest absolute Gasteiger partial charge is 0.314 e. The zero-order valence-electron chi connectivity index (χ0n) is 12.8. The van der Waals surface area contributed by atoms with Gasteiger partial charge >= 0.3 is 0 Å². The van der Waals surface area contributed by atoms with Gasteiger partial charge < -0.3 is 10.6 Å². The molecule has 2 nitrogen and oxygen atoms in total. The second-order valence-electron chi connectivity index (χ2n) is 6.59. The molecule has 1 saturated heterocycles. The van der Waals surface area contributed by atoms with Gasteiger partial charge in [-0.3, -0.25) is 0 Å². The predicted octanol–water partition coefficient (Wildman–Crippen LogP) is 3.78. The molecular formula is C18H27ClN2.